The largest absolute Gasteiger partial charge is 0.0651 e. The van der Waals surface area contributed by atoms with Crippen LogP contribution in [0.15, 0.2) is 0 Å². The second-order valence-corrected chi connectivity index (χ2v) is 6.99. The molecule has 102 valence electrons. The van der Waals surface area contributed by atoms with Crippen molar-refractivity contribution in [1.29, 1.82) is 0 Å². The summed E-state index contributed by atoms with van der Waals surface area (Å²) in [5, 5.41) is 0. The minimum absolute atomic E-state index is 0.607. The lowest BCUT2D eigenvalue weighted by Crippen LogP contribution is -2.11. The smallest absolute Gasteiger partial charge is 0.0354 e. The first-order valence-electron chi connectivity index (χ1n) is 8.14. The van der Waals surface area contributed by atoms with E-state index in [9.17, 15) is 0 Å². The van der Waals surface area contributed by atoms with Gasteiger partial charge < -0.3 is 0 Å². The van der Waals surface area contributed by atoms with Crippen molar-refractivity contribution in [2.75, 3.05) is 0 Å². The molecule has 1 aliphatic rings. The Morgan fingerprint density at radius 3 is 1.88 bits per heavy atom. The molecule has 1 fully saturated rings. The Morgan fingerprint density at radius 1 is 0.765 bits per heavy atom. The molecule has 0 radical (unpaired) electrons. The summed E-state index contributed by atoms with van der Waals surface area (Å²) >= 11 is 0. The van der Waals surface area contributed by atoms with Crippen molar-refractivity contribution in [2.45, 2.75) is 97.8 Å². The first-order chi connectivity index (χ1) is 8.14. The van der Waals surface area contributed by atoms with E-state index < -0.39 is 0 Å². The maximum Gasteiger partial charge on any atom is -0.0354 e. The molecule has 0 amide bonds. The maximum atomic E-state index is 2.48. The molecule has 0 N–H and O–H groups in total. The second-order valence-electron chi connectivity index (χ2n) is 6.99. The maximum absolute atomic E-state index is 2.48. The Morgan fingerprint density at radius 2 is 1.24 bits per heavy atom. The van der Waals surface area contributed by atoms with Crippen molar-refractivity contribution in [3.05, 3.63) is 0 Å². The van der Waals surface area contributed by atoms with Crippen LogP contribution in [0.5, 0.6) is 0 Å². The van der Waals surface area contributed by atoms with Gasteiger partial charge in [-0.1, -0.05) is 85.0 Å². The molecule has 0 bridgehead atoms. The van der Waals surface area contributed by atoms with Gasteiger partial charge in [-0.15, -0.1) is 0 Å². The zero-order chi connectivity index (χ0) is 12.6. The van der Waals surface area contributed by atoms with Crippen LogP contribution in [-0.4, -0.2) is 0 Å². The van der Waals surface area contributed by atoms with E-state index in [1.807, 2.05) is 0 Å². The fourth-order valence-electron chi connectivity index (χ4n) is 3.28. The molecule has 1 saturated carbocycles. The molecule has 0 saturated heterocycles. The van der Waals surface area contributed by atoms with Crippen LogP contribution in [0, 0.1) is 11.3 Å². The predicted molar refractivity (Wildman–Crippen MR) is 78.3 cm³/mol. The van der Waals surface area contributed by atoms with E-state index in [0.29, 0.717) is 5.41 Å². The fraction of sp³-hybridized carbons (Fsp3) is 1.00. The third kappa shape index (κ3) is 7.11. The molecular weight excluding hydrogens is 204 g/mol. The molecule has 1 unspecified atom stereocenters. The molecule has 0 spiro atoms. The fourth-order valence-corrected chi connectivity index (χ4v) is 3.28. The van der Waals surface area contributed by atoms with Gasteiger partial charge in [-0.05, 0) is 24.2 Å². The van der Waals surface area contributed by atoms with Gasteiger partial charge in [0.1, 0.15) is 0 Å². The second kappa shape index (κ2) is 8.16. The molecule has 0 heteroatoms. The highest BCUT2D eigenvalue weighted by Gasteiger charge is 2.17. The van der Waals surface area contributed by atoms with Crippen LogP contribution in [0.3, 0.4) is 0 Å². The first-order valence-corrected chi connectivity index (χ1v) is 8.14. The first kappa shape index (κ1) is 15.1. The molecule has 1 atom stereocenters. The van der Waals surface area contributed by atoms with Crippen LogP contribution in [-0.2, 0) is 0 Å². The van der Waals surface area contributed by atoms with E-state index in [-0.39, 0.29) is 0 Å². The number of hydrogen-bond acceptors (Lipinski definition) is 0. The van der Waals surface area contributed by atoms with Crippen LogP contribution in [0.25, 0.3) is 0 Å². The van der Waals surface area contributed by atoms with Gasteiger partial charge >= 0.3 is 0 Å². The van der Waals surface area contributed by atoms with Crippen molar-refractivity contribution < 1.29 is 0 Å². The van der Waals surface area contributed by atoms with Crippen LogP contribution in [0.2, 0.25) is 0 Å². The van der Waals surface area contributed by atoms with Crippen LogP contribution >= 0.6 is 0 Å². The molecule has 0 aromatic heterocycles. The van der Waals surface area contributed by atoms with E-state index in [2.05, 4.69) is 20.8 Å². The van der Waals surface area contributed by atoms with Gasteiger partial charge in [0.2, 0.25) is 0 Å². The minimum Gasteiger partial charge on any atom is -0.0651 e. The summed E-state index contributed by atoms with van der Waals surface area (Å²) in [6, 6.07) is 0. The van der Waals surface area contributed by atoms with Crippen molar-refractivity contribution >= 4 is 0 Å². The SMILES string of the molecule is CCC1CCCCCCCC(C)(C)CCCC1. The van der Waals surface area contributed by atoms with Gasteiger partial charge in [0, 0.05) is 0 Å². The Hall–Kier alpha value is 0. The van der Waals surface area contributed by atoms with Crippen molar-refractivity contribution in [3.63, 3.8) is 0 Å². The lowest BCUT2D eigenvalue weighted by molar-refractivity contribution is 0.280. The quantitative estimate of drug-likeness (QED) is 0.500. The molecule has 0 nitrogen and oxygen atoms in total. The van der Waals surface area contributed by atoms with Crippen molar-refractivity contribution in [2.24, 2.45) is 11.3 Å². The molecule has 1 aliphatic carbocycles. The van der Waals surface area contributed by atoms with Crippen LogP contribution in [0.1, 0.15) is 97.8 Å². The van der Waals surface area contributed by atoms with E-state index in [1.54, 1.807) is 0 Å². The summed E-state index contributed by atoms with van der Waals surface area (Å²) < 4.78 is 0. The summed E-state index contributed by atoms with van der Waals surface area (Å²) in [5.41, 5.74) is 0.607. The molecule has 0 aromatic carbocycles. The zero-order valence-electron chi connectivity index (χ0n) is 12.6. The normalized spacial score (nSPS) is 28.8. The summed E-state index contributed by atoms with van der Waals surface area (Å²) in [4.78, 5) is 0. The Bertz CT molecular complexity index is 180. The zero-order valence-corrected chi connectivity index (χ0v) is 12.6. The summed E-state index contributed by atoms with van der Waals surface area (Å²) in [6.07, 6.45) is 17.6. The average Bonchev–Trinajstić information content (AvgIpc) is 2.31. The summed E-state index contributed by atoms with van der Waals surface area (Å²) in [5.74, 6) is 1.03. The van der Waals surface area contributed by atoms with Crippen molar-refractivity contribution in [3.8, 4) is 0 Å². The van der Waals surface area contributed by atoms with Crippen LogP contribution in [0.4, 0.5) is 0 Å². The summed E-state index contributed by atoms with van der Waals surface area (Å²) in [7, 11) is 0. The molecule has 17 heavy (non-hydrogen) atoms. The monoisotopic (exact) mass is 238 g/mol. The number of rotatable bonds is 1. The Balaban J connectivity index is 2.36. The van der Waals surface area contributed by atoms with E-state index >= 15 is 0 Å². The van der Waals surface area contributed by atoms with Gasteiger partial charge in [-0.2, -0.15) is 0 Å². The van der Waals surface area contributed by atoms with Crippen LogP contribution < -0.4 is 0 Å². The van der Waals surface area contributed by atoms with E-state index in [1.165, 1.54) is 77.0 Å². The van der Waals surface area contributed by atoms with Gasteiger partial charge in [-0.3, -0.25) is 0 Å². The highest BCUT2D eigenvalue weighted by atomic mass is 14.2. The predicted octanol–water partition coefficient (Wildman–Crippen LogP) is 6.34. The Labute approximate surface area is 110 Å². The van der Waals surface area contributed by atoms with Crippen molar-refractivity contribution in [1.82, 2.24) is 0 Å². The molecule has 1 rings (SSSR count). The van der Waals surface area contributed by atoms with E-state index in [0.717, 1.165) is 5.92 Å². The molecular formula is C17H34. The third-order valence-electron chi connectivity index (χ3n) is 4.76. The highest BCUT2D eigenvalue weighted by Crippen LogP contribution is 2.32. The lowest BCUT2D eigenvalue weighted by Gasteiger charge is -2.24. The van der Waals surface area contributed by atoms with Gasteiger partial charge in [0.05, 0.1) is 0 Å². The topological polar surface area (TPSA) is 0 Å². The van der Waals surface area contributed by atoms with Gasteiger partial charge in [0.25, 0.3) is 0 Å². The molecule has 0 heterocycles. The average molecular weight is 238 g/mol. The molecule has 0 aliphatic heterocycles. The minimum atomic E-state index is 0.607. The third-order valence-corrected chi connectivity index (χ3v) is 4.76. The highest BCUT2D eigenvalue weighted by molar-refractivity contribution is 4.70. The van der Waals surface area contributed by atoms with Gasteiger partial charge in [0.15, 0.2) is 0 Å². The standard InChI is InChI=1S/C17H34/c1-4-16-12-8-6-5-7-10-14-17(2,3)15-11-9-13-16/h16H,4-15H2,1-3H3. The lowest BCUT2D eigenvalue weighted by atomic mass is 9.81. The molecule has 0 aromatic rings. The number of hydrogen-bond donors (Lipinski definition) is 0. The Kier molecular flexibility index (Phi) is 7.23. The summed E-state index contributed by atoms with van der Waals surface area (Å²) in [6.45, 7) is 7.33. The van der Waals surface area contributed by atoms with Gasteiger partial charge in [-0.25, -0.2) is 0 Å². The van der Waals surface area contributed by atoms with E-state index in [4.69, 9.17) is 0 Å².